The third kappa shape index (κ3) is 2.96. The number of benzene rings is 2. The van der Waals surface area contributed by atoms with Crippen LogP contribution in [0, 0.1) is 16.7 Å². The highest BCUT2D eigenvalue weighted by Crippen LogP contribution is 2.76. The Bertz CT molecular complexity index is 1420. The number of hydrogen-bond donors (Lipinski definition) is 0. The van der Waals surface area contributed by atoms with Gasteiger partial charge in [0.05, 0.1) is 20.3 Å². The van der Waals surface area contributed by atoms with Gasteiger partial charge in [0.15, 0.2) is 11.5 Å². The van der Waals surface area contributed by atoms with E-state index in [4.69, 9.17) is 18.9 Å². The first-order valence-corrected chi connectivity index (χ1v) is 15.4. The molecule has 3 unspecified atom stereocenters. The molecule has 5 nitrogen and oxygen atoms in total. The van der Waals surface area contributed by atoms with Crippen LogP contribution in [0.25, 0.3) is 10.1 Å². The predicted octanol–water partition coefficient (Wildman–Crippen LogP) is 6.21. The average molecular weight is 546 g/mol. The van der Waals surface area contributed by atoms with Crippen LogP contribution in [0.15, 0.2) is 42.5 Å². The van der Waals surface area contributed by atoms with Gasteiger partial charge in [-0.25, -0.2) is 0 Å². The number of methoxy groups -OCH3 is 2. The Labute approximate surface area is 235 Å². The summed E-state index contributed by atoms with van der Waals surface area (Å²) in [6, 6.07) is 15.9. The molecule has 6 heteroatoms. The van der Waals surface area contributed by atoms with Crippen LogP contribution < -0.4 is 9.47 Å². The van der Waals surface area contributed by atoms with E-state index in [9.17, 15) is 0 Å². The summed E-state index contributed by atoms with van der Waals surface area (Å²) in [7, 11) is 6.03. The molecule has 5 aliphatic rings. The van der Waals surface area contributed by atoms with Gasteiger partial charge in [0.2, 0.25) is 0 Å². The van der Waals surface area contributed by atoms with Crippen molar-refractivity contribution in [3.63, 3.8) is 0 Å². The van der Waals surface area contributed by atoms with Crippen LogP contribution >= 0.6 is 11.3 Å². The number of ether oxygens (including phenoxy) is 4. The van der Waals surface area contributed by atoms with Crippen molar-refractivity contribution in [2.45, 2.75) is 69.3 Å². The monoisotopic (exact) mass is 545 g/mol. The van der Waals surface area contributed by atoms with Gasteiger partial charge in [-0.3, -0.25) is 0 Å². The van der Waals surface area contributed by atoms with Gasteiger partial charge in [-0.1, -0.05) is 31.2 Å². The van der Waals surface area contributed by atoms with Crippen molar-refractivity contribution in [2.24, 2.45) is 16.7 Å². The summed E-state index contributed by atoms with van der Waals surface area (Å²) >= 11 is 1.85. The second kappa shape index (κ2) is 8.45. The molecule has 2 spiro atoms. The average Bonchev–Trinajstić information content (AvgIpc) is 3.51. The van der Waals surface area contributed by atoms with Gasteiger partial charge in [0, 0.05) is 44.5 Å². The van der Waals surface area contributed by atoms with Crippen LogP contribution in [-0.4, -0.2) is 57.6 Å². The lowest BCUT2D eigenvalue weighted by molar-refractivity contribution is -0.264. The van der Waals surface area contributed by atoms with E-state index in [1.54, 1.807) is 7.11 Å². The summed E-state index contributed by atoms with van der Waals surface area (Å²) in [6.07, 6.45) is 5.74. The van der Waals surface area contributed by atoms with Gasteiger partial charge in [0.25, 0.3) is 0 Å². The molecule has 0 radical (unpaired) electrons. The lowest BCUT2D eigenvalue weighted by atomic mass is 9.35. The highest BCUT2D eigenvalue weighted by Gasteiger charge is 2.78. The first kappa shape index (κ1) is 24.7. The van der Waals surface area contributed by atoms with Crippen molar-refractivity contribution in [3.8, 4) is 11.5 Å². The van der Waals surface area contributed by atoms with Gasteiger partial charge >= 0.3 is 0 Å². The number of thiophene rings is 1. The van der Waals surface area contributed by atoms with Gasteiger partial charge < -0.3 is 23.8 Å². The fraction of sp³-hybridized carbons (Fsp3) is 0.576. The van der Waals surface area contributed by atoms with E-state index < -0.39 is 0 Å². The maximum absolute atomic E-state index is 7.13. The maximum Gasteiger partial charge on any atom is 0.165 e. The Hall–Kier alpha value is -2.12. The molecule has 2 aromatic carbocycles. The molecule has 3 aromatic rings. The lowest BCUT2D eigenvalue weighted by Gasteiger charge is -2.73. The van der Waals surface area contributed by atoms with Crippen molar-refractivity contribution in [2.75, 3.05) is 34.4 Å². The van der Waals surface area contributed by atoms with Crippen molar-refractivity contribution in [1.82, 2.24) is 4.90 Å². The molecule has 4 bridgehead atoms. The summed E-state index contributed by atoms with van der Waals surface area (Å²) in [6.45, 7) is 4.89. The number of hydrogen-bond acceptors (Lipinski definition) is 6. The van der Waals surface area contributed by atoms with E-state index in [-0.39, 0.29) is 28.5 Å². The normalized spacial score (nSPS) is 37.9. The van der Waals surface area contributed by atoms with E-state index in [2.05, 4.69) is 61.3 Å². The molecule has 8 rings (SSSR count). The zero-order chi connectivity index (χ0) is 26.6. The number of likely N-dealkylation sites (N-methyl/N-ethyl adjacent to an activating group) is 1. The number of piperidine rings is 1. The van der Waals surface area contributed by atoms with Crippen molar-refractivity contribution in [1.29, 1.82) is 0 Å². The van der Waals surface area contributed by atoms with E-state index in [1.165, 1.54) is 38.9 Å². The fourth-order valence-corrected chi connectivity index (χ4v) is 11.1. The minimum Gasteiger partial charge on any atom is -0.493 e. The Morgan fingerprint density at radius 2 is 2.00 bits per heavy atom. The van der Waals surface area contributed by atoms with Crippen molar-refractivity contribution in [3.05, 3.63) is 58.5 Å². The van der Waals surface area contributed by atoms with E-state index in [0.29, 0.717) is 25.2 Å². The van der Waals surface area contributed by atoms with Gasteiger partial charge in [-0.2, -0.15) is 0 Å². The van der Waals surface area contributed by atoms with Crippen molar-refractivity contribution < 1.29 is 18.9 Å². The van der Waals surface area contributed by atoms with Gasteiger partial charge in [0.1, 0.15) is 12.2 Å². The molecule has 1 saturated heterocycles. The van der Waals surface area contributed by atoms with Gasteiger partial charge in [-0.15, -0.1) is 11.3 Å². The SMILES string of the molecule is COc1ccc2c3c1O[C@H]1C(OC)[C@]4(COCc5cc6ccccc6s5)C[C@]5(CCC4C)[C@@H](C2)N(C)CCC315. The molecule has 206 valence electrons. The predicted molar refractivity (Wildman–Crippen MR) is 154 cm³/mol. The van der Waals surface area contributed by atoms with Crippen LogP contribution in [0.2, 0.25) is 0 Å². The lowest BCUT2D eigenvalue weighted by Crippen LogP contribution is -2.78. The highest BCUT2D eigenvalue weighted by atomic mass is 32.1. The summed E-state index contributed by atoms with van der Waals surface area (Å²) in [5.41, 5.74) is 2.93. The molecule has 2 saturated carbocycles. The molecule has 7 atom stereocenters. The molecule has 39 heavy (non-hydrogen) atoms. The summed E-state index contributed by atoms with van der Waals surface area (Å²) in [5.74, 6) is 2.36. The molecule has 2 aliphatic heterocycles. The topological polar surface area (TPSA) is 40.2 Å². The molecular formula is C33H39NO4S. The quantitative estimate of drug-likeness (QED) is 0.369. The first-order chi connectivity index (χ1) is 19.0. The van der Waals surface area contributed by atoms with Crippen LogP contribution in [0.4, 0.5) is 0 Å². The standard InChI is InChI=1S/C33H39NO4S/c1-20-11-12-32-18-31(20,19-37-17-23-15-21-7-5-6-8-25(21)39-23)29(36-4)30-33(32)13-14-34(2)26(32)16-22-9-10-24(35-3)28(38-30)27(22)33/h5-10,15,20,26,29-30H,11-14,16-19H2,1-4H3/t20?,26-,29?,30+,31+,32-,33?/m1/s1. The molecule has 1 aromatic heterocycles. The minimum absolute atomic E-state index is 0.0199. The summed E-state index contributed by atoms with van der Waals surface area (Å²) in [5, 5.41) is 1.30. The number of rotatable bonds is 6. The van der Waals surface area contributed by atoms with E-state index in [0.717, 1.165) is 37.3 Å². The van der Waals surface area contributed by atoms with Crippen molar-refractivity contribution >= 4 is 21.4 Å². The number of fused-ring (bicyclic) bond motifs is 2. The Morgan fingerprint density at radius 3 is 2.82 bits per heavy atom. The zero-order valence-electron chi connectivity index (χ0n) is 23.5. The first-order valence-electron chi connectivity index (χ1n) is 14.6. The maximum atomic E-state index is 7.13. The third-order valence-corrected chi connectivity index (χ3v) is 12.9. The van der Waals surface area contributed by atoms with Crippen LogP contribution in [0.5, 0.6) is 11.5 Å². The Kier molecular flexibility index (Phi) is 5.34. The largest absolute Gasteiger partial charge is 0.493 e. The zero-order valence-corrected chi connectivity index (χ0v) is 24.3. The number of likely N-dealkylation sites (tertiary alicyclic amines) is 1. The molecule has 3 fully saturated rings. The summed E-state index contributed by atoms with van der Waals surface area (Å²) in [4.78, 5) is 3.96. The van der Waals surface area contributed by atoms with E-state index >= 15 is 0 Å². The fourth-order valence-electron chi connectivity index (χ4n) is 10.1. The second-order valence-corrected chi connectivity index (χ2v) is 14.2. The molecular weight excluding hydrogens is 506 g/mol. The van der Waals surface area contributed by atoms with E-state index in [1.807, 2.05) is 18.4 Å². The Morgan fingerprint density at radius 1 is 1.13 bits per heavy atom. The molecule has 0 amide bonds. The van der Waals surface area contributed by atoms with Gasteiger partial charge in [-0.05, 0) is 80.8 Å². The second-order valence-electron chi connectivity index (χ2n) is 13.0. The molecule has 3 heterocycles. The van der Waals surface area contributed by atoms with Crippen LogP contribution in [0.1, 0.15) is 48.6 Å². The smallest absolute Gasteiger partial charge is 0.165 e. The third-order valence-electron chi connectivity index (χ3n) is 11.8. The Balaban J connectivity index is 1.22. The van der Waals surface area contributed by atoms with Crippen LogP contribution in [0.3, 0.4) is 0 Å². The molecule has 3 aliphatic carbocycles. The van der Waals surface area contributed by atoms with Crippen LogP contribution in [-0.2, 0) is 27.9 Å². The summed E-state index contributed by atoms with van der Waals surface area (Å²) < 4.78 is 27.7. The number of nitrogens with zero attached hydrogens (tertiary/aromatic N) is 1. The minimum atomic E-state index is -0.0962. The highest BCUT2D eigenvalue weighted by molar-refractivity contribution is 7.19. The molecule has 0 N–H and O–H groups in total.